The van der Waals surface area contributed by atoms with Gasteiger partial charge in [-0.1, -0.05) is 0 Å². The molecule has 1 unspecified atom stereocenters. The SMILES string of the molecule is Cc1cnc(NC(C)c2ncc(C)s2)c(Br)c1. The van der Waals surface area contributed by atoms with Crippen LogP contribution in [-0.2, 0) is 0 Å². The van der Waals surface area contributed by atoms with E-state index >= 15 is 0 Å². The summed E-state index contributed by atoms with van der Waals surface area (Å²) in [5.41, 5.74) is 1.14. The lowest BCUT2D eigenvalue weighted by Crippen LogP contribution is -2.08. The standard InChI is InChI=1S/C12H14BrN3S/c1-7-4-10(13)11(14-5-7)16-9(3)12-15-6-8(2)17-12/h4-6,9H,1-3H3,(H,14,16). The number of rotatable bonds is 3. The maximum atomic E-state index is 4.37. The van der Waals surface area contributed by atoms with Gasteiger partial charge in [0.2, 0.25) is 0 Å². The maximum absolute atomic E-state index is 4.37. The summed E-state index contributed by atoms with van der Waals surface area (Å²) >= 11 is 5.22. The normalized spacial score (nSPS) is 12.5. The molecule has 0 aliphatic rings. The van der Waals surface area contributed by atoms with Crippen molar-refractivity contribution in [1.29, 1.82) is 0 Å². The fourth-order valence-electron chi connectivity index (χ4n) is 1.48. The number of aryl methyl sites for hydroxylation is 2. The zero-order valence-corrected chi connectivity index (χ0v) is 12.4. The molecule has 0 radical (unpaired) electrons. The van der Waals surface area contributed by atoms with Crippen molar-refractivity contribution in [2.45, 2.75) is 26.8 Å². The fraction of sp³-hybridized carbons (Fsp3) is 0.333. The molecule has 2 rings (SSSR count). The van der Waals surface area contributed by atoms with Crippen molar-refractivity contribution < 1.29 is 0 Å². The summed E-state index contributed by atoms with van der Waals surface area (Å²) in [7, 11) is 0. The van der Waals surface area contributed by atoms with Gasteiger partial charge in [0.1, 0.15) is 10.8 Å². The van der Waals surface area contributed by atoms with Crippen LogP contribution < -0.4 is 5.32 Å². The Balaban J connectivity index is 2.15. The second kappa shape index (κ2) is 5.14. The van der Waals surface area contributed by atoms with Crippen LogP contribution in [0.3, 0.4) is 0 Å². The molecule has 1 atom stereocenters. The lowest BCUT2D eigenvalue weighted by Gasteiger charge is -2.13. The van der Waals surface area contributed by atoms with E-state index in [1.165, 1.54) is 4.88 Å². The van der Waals surface area contributed by atoms with Gasteiger partial charge in [0, 0.05) is 17.3 Å². The van der Waals surface area contributed by atoms with Crippen LogP contribution in [0.15, 0.2) is 22.9 Å². The maximum Gasteiger partial charge on any atom is 0.140 e. The van der Waals surface area contributed by atoms with Crippen molar-refractivity contribution in [2.75, 3.05) is 5.32 Å². The Kier molecular flexibility index (Phi) is 3.79. The first-order valence-electron chi connectivity index (χ1n) is 5.37. The molecule has 0 aliphatic carbocycles. The van der Waals surface area contributed by atoms with Crippen molar-refractivity contribution in [1.82, 2.24) is 9.97 Å². The first kappa shape index (κ1) is 12.5. The second-order valence-corrected chi connectivity index (χ2v) is 6.14. The lowest BCUT2D eigenvalue weighted by atomic mass is 10.3. The van der Waals surface area contributed by atoms with Crippen LogP contribution in [0.1, 0.15) is 28.4 Å². The predicted molar refractivity (Wildman–Crippen MR) is 75.6 cm³/mol. The molecule has 90 valence electrons. The fourth-order valence-corrected chi connectivity index (χ4v) is 2.83. The quantitative estimate of drug-likeness (QED) is 0.927. The highest BCUT2D eigenvalue weighted by Gasteiger charge is 2.11. The molecule has 0 spiro atoms. The van der Waals surface area contributed by atoms with Gasteiger partial charge < -0.3 is 5.32 Å². The van der Waals surface area contributed by atoms with E-state index < -0.39 is 0 Å². The Morgan fingerprint density at radius 2 is 2.06 bits per heavy atom. The number of hydrogen-bond acceptors (Lipinski definition) is 4. The van der Waals surface area contributed by atoms with E-state index in [1.54, 1.807) is 11.3 Å². The van der Waals surface area contributed by atoms with E-state index in [0.717, 1.165) is 20.9 Å². The van der Waals surface area contributed by atoms with Gasteiger partial charge in [-0.2, -0.15) is 0 Å². The minimum atomic E-state index is 0.167. The summed E-state index contributed by atoms with van der Waals surface area (Å²) < 4.78 is 0.984. The van der Waals surface area contributed by atoms with Crippen LogP contribution in [0, 0.1) is 13.8 Å². The molecule has 0 saturated heterocycles. The largest absolute Gasteiger partial charge is 0.360 e. The van der Waals surface area contributed by atoms with Gasteiger partial charge in [-0.15, -0.1) is 11.3 Å². The Morgan fingerprint density at radius 3 is 2.65 bits per heavy atom. The van der Waals surface area contributed by atoms with Crippen LogP contribution in [0.25, 0.3) is 0 Å². The van der Waals surface area contributed by atoms with E-state index in [4.69, 9.17) is 0 Å². The van der Waals surface area contributed by atoms with Gasteiger partial charge in [-0.05, 0) is 48.3 Å². The lowest BCUT2D eigenvalue weighted by molar-refractivity contribution is 0.858. The van der Waals surface area contributed by atoms with Crippen molar-refractivity contribution in [3.8, 4) is 0 Å². The third-order valence-corrected chi connectivity index (χ3v) is 4.04. The molecule has 0 fully saturated rings. The highest BCUT2D eigenvalue weighted by atomic mass is 79.9. The van der Waals surface area contributed by atoms with Crippen LogP contribution in [0.4, 0.5) is 5.82 Å². The van der Waals surface area contributed by atoms with Crippen LogP contribution in [0.2, 0.25) is 0 Å². The predicted octanol–water partition coefficient (Wildman–Crippen LogP) is 4.09. The van der Waals surface area contributed by atoms with E-state index in [1.807, 2.05) is 19.3 Å². The highest BCUT2D eigenvalue weighted by Crippen LogP contribution is 2.26. The molecule has 0 amide bonds. The Labute approximate surface area is 113 Å². The molecule has 2 heterocycles. The number of aromatic nitrogens is 2. The number of thiazole rings is 1. The average molecular weight is 312 g/mol. The summed E-state index contributed by atoms with van der Waals surface area (Å²) in [4.78, 5) is 9.97. The van der Waals surface area contributed by atoms with E-state index in [2.05, 4.69) is 51.1 Å². The third kappa shape index (κ3) is 3.04. The van der Waals surface area contributed by atoms with Crippen molar-refractivity contribution >= 4 is 33.1 Å². The van der Waals surface area contributed by atoms with Gasteiger partial charge in [0.05, 0.1) is 10.5 Å². The van der Waals surface area contributed by atoms with Gasteiger partial charge in [0.25, 0.3) is 0 Å². The Bertz CT molecular complexity index is 524. The average Bonchev–Trinajstić information content (AvgIpc) is 2.69. The first-order valence-corrected chi connectivity index (χ1v) is 6.98. The summed E-state index contributed by atoms with van der Waals surface area (Å²) in [6.45, 7) is 6.18. The summed E-state index contributed by atoms with van der Waals surface area (Å²) in [5, 5.41) is 4.44. The van der Waals surface area contributed by atoms with E-state index in [0.29, 0.717) is 0 Å². The molecular weight excluding hydrogens is 298 g/mol. The number of nitrogens with zero attached hydrogens (tertiary/aromatic N) is 2. The molecule has 2 aromatic rings. The zero-order valence-electron chi connectivity index (χ0n) is 9.99. The highest BCUT2D eigenvalue weighted by molar-refractivity contribution is 9.10. The molecule has 17 heavy (non-hydrogen) atoms. The van der Waals surface area contributed by atoms with Crippen molar-refractivity contribution in [3.05, 3.63) is 38.4 Å². The number of halogens is 1. The molecule has 3 nitrogen and oxygen atoms in total. The minimum absolute atomic E-state index is 0.167. The molecule has 0 saturated carbocycles. The van der Waals surface area contributed by atoms with E-state index in [9.17, 15) is 0 Å². The Morgan fingerprint density at radius 1 is 1.29 bits per heavy atom. The summed E-state index contributed by atoms with van der Waals surface area (Å²) in [6.07, 6.45) is 3.75. The van der Waals surface area contributed by atoms with Crippen molar-refractivity contribution in [3.63, 3.8) is 0 Å². The van der Waals surface area contributed by atoms with Gasteiger partial charge in [-0.3, -0.25) is 0 Å². The van der Waals surface area contributed by atoms with Gasteiger partial charge >= 0.3 is 0 Å². The minimum Gasteiger partial charge on any atom is -0.360 e. The monoisotopic (exact) mass is 311 g/mol. The molecule has 0 aliphatic heterocycles. The zero-order chi connectivity index (χ0) is 12.4. The molecule has 5 heteroatoms. The molecule has 0 aromatic carbocycles. The summed E-state index contributed by atoms with van der Waals surface area (Å²) in [5.74, 6) is 0.857. The Hall–Kier alpha value is -0.940. The van der Waals surface area contributed by atoms with Crippen molar-refractivity contribution in [2.24, 2.45) is 0 Å². The molecule has 2 aromatic heterocycles. The smallest absolute Gasteiger partial charge is 0.140 e. The van der Waals surface area contributed by atoms with Crippen LogP contribution in [0.5, 0.6) is 0 Å². The van der Waals surface area contributed by atoms with Gasteiger partial charge in [0.15, 0.2) is 0 Å². The van der Waals surface area contributed by atoms with Gasteiger partial charge in [-0.25, -0.2) is 9.97 Å². The first-order chi connectivity index (χ1) is 8.06. The topological polar surface area (TPSA) is 37.8 Å². The number of nitrogens with one attached hydrogen (secondary N) is 1. The molecular formula is C12H14BrN3S. The van der Waals surface area contributed by atoms with E-state index in [-0.39, 0.29) is 6.04 Å². The molecule has 0 bridgehead atoms. The number of pyridine rings is 1. The number of hydrogen-bond donors (Lipinski definition) is 1. The summed E-state index contributed by atoms with van der Waals surface area (Å²) in [6, 6.07) is 2.22. The molecule has 1 N–H and O–H groups in total. The number of anilines is 1. The third-order valence-electron chi connectivity index (χ3n) is 2.34. The van der Waals surface area contributed by atoms with Crippen LogP contribution in [-0.4, -0.2) is 9.97 Å². The van der Waals surface area contributed by atoms with Crippen LogP contribution >= 0.6 is 27.3 Å². The second-order valence-electron chi connectivity index (χ2n) is 4.02.